The lowest BCUT2D eigenvalue weighted by Crippen LogP contribution is -2.32. The second-order valence-electron chi connectivity index (χ2n) is 5.66. The van der Waals surface area contributed by atoms with E-state index in [9.17, 15) is 4.79 Å². The maximum atomic E-state index is 12.1. The summed E-state index contributed by atoms with van der Waals surface area (Å²) in [5.74, 6) is 0.0747. The Morgan fingerprint density at radius 1 is 1.21 bits per heavy atom. The molecular formula is C15H25ClN2O. The third-order valence-electron chi connectivity index (χ3n) is 3.04. The molecule has 1 aromatic rings. The predicted molar refractivity (Wildman–Crippen MR) is 83.3 cm³/mol. The minimum absolute atomic E-state index is 0. The van der Waals surface area contributed by atoms with Gasteiger partial charge in [-0.15, -0.1) is 12.4 Å². The molecule has 0 aliphatic heterocycles. The monoisotopic (exact) mass is 284 g/mol. The van der Waals surface area contributed by atoms with Crippen molar-refractivity contribution in [3.8, 4) is 0 Å². The Hall–Kier alpha value is -1.06. The molecule has 0 radical (unpaired) electrons. The number of nitrogens with zero attached hydrogens (tertiary/aromatic N) is 1. The first-order valence-electron chi connectivity index (χ1n) is 6.37. The number of halogens is 1. The van der Waals surface area contributed by atoms with Gasteiger partial charge < -0.3 is 10.2 Å². The van der Waals surface area contributed by atoms with Crippen molar-refractivity contribution in [3.05, 3.63) is 35.4 Å². The van der Waals surface area contributed by atoms with E-state index in [1.54, 1.807) is 4.90 Å². The highest BCUT2D eigenvalue weighted by molar-refractivity contribution is 5.94. The van der Waals surface area contributed by atoms with Gasteiger partial charge in [-0.05, 0) is 30.2 Å². The molecule has 0 spiro atoms. The van der Waals surface area contributed by atoms with Gasteiger partial charge in [-0.2, -0.15) is 0 Å². The number of hydrogen-bond donors (Lipinski definition) is 1. The Morgan fingerprint density at radius 2 is 1.74 bits per heavy atom. The Morgan fingerprint density at radius 3 is 2.16 bits per heavy atom. The summed E-state index contributed by atoms with van der Waals surface area (Å²) in [6.07, 6.45) is 0. The second kappa shape index (κ2) is 7.51. The number of rotatable bonds is 4. The van der Waals surface area contributed by atoms with Crippen LogP contribution in [0.4, 0.5) is 0 Å². The highest BCUT2D eigenvalue weighted by Gasteiger charge is 2.15. The fraction of sp³-hybridized carbons (Fsp3) is 0.533. The first-order valence-corrected chi connectivity index (χ1v) is 6.37. The van der Waals surface area contributed by atoms with Crippen LogP contribution < -0.4 is 5.32 Å². The number of nitrogens with one attached hydrogen (secondary N) is 1. The number of carbonyl (C=O) groups excluding carboxylic acids is 1. The largest absolute Gasteiger partial charge is 0.340 e. The van der Waals surface area contributed by atoms with Crippen molar-refractivity contribution in [2.24, 2.45) is 0 Å². The van der Waals surface area contributed by atoms with Crippen molar-refractivity contribution < 1.29 is 4.79 Å². The fourth-order valence-corrected chi connectivity index (χ4v) is 1.71. The van der Waals surface area contributed by atoms with Crippen molar-refractivity contribution in [1.29, 1.82) is 0 Å². The van der Waals surface area contributed by atoms with Crippen molar-refractivity contribution in [2.45, 2.75) is 26.2 Å². The molecule has 0 aromatic heterocycles. The SMILES string of the molecule is CNCCN(C)C(=O)c1ccc(C(C)(C)C)cc1.Cl. The van der Waals surface area contributed by atoms with Crippen LogP contribution in [0, 0.1) is 0 Å². The average molecular weight is 285 g/mol. The molecule has 3 nitrogen and oxygen atoms in total. The van der Waals surface area contributed by atoms with Crippen LogP contribution in [0.2, 0.25) is 0 Å². The Kier molecular flexibility index (Phi) is 7.09. The first kappa shape index (κ1) is 17.9. The number of amides is 1. The lowest BCUT2D eigenvalue weighted by molar-refractivity contribution is 0.0797. The number of hydrogen-bond acceptors (Lipinski definition) is 2. The van der Waals surface area contributed by atoms with Crippen molar-refractivity contribution in [3.63, 3.8) is 0 Å². The van der Waals surface area contributed by atoms with Gasteiger partial charge in [-0.1, -0.05) is 32.9 Å². The number of benzene rings is 1. The van der Waals surface area contributed by atoms with Gasteiger partial charge in [0.2, 0.25) is 0 Å². The maximum absolute atomic E-state index is 12.1. The van der Waals surface area contributed by atoms with Crippen molar-refractivity contribution >= 4 is 18.3 Å². The van der Waals surface area contributed by atoms with Gasteiger partial charge in [-0.25, -0.2) is 0 Å². The first-order chi connectivity index (χ1) is 8.36. The molecule has 1 rings (SSSR count). The smallest absolute Gasteiger partial charge is 0.253 e. The fourth-order valence-electron chi connectivity index (χ4n) is 1.71. The van der Waals surface area contributed by atoms with Gasteiger partial charge in [0, 0.05) is 25.7 Å². The zero-order chi connectivity index (χ0) is 13.8. The Balaban J connectivity index is 0.00000324. The van der Waals surface area contributed by atoms with Crippen LogP contribution in [0.5, 0.6) is 0 Å². The summed E-state index contributed by atoms with van der Waals surface area (Å²) in [5, 5.41) is 3.04. The second-order valence-corrected chi connectivity index (χ2v) is 5.66. The van der Waals surface area contributed by atoms with Crippen LogP contribution in [-0.2, 0) is 5.41 Å². The minimum atomic E-state index is 0. The summed E-state index contributed by atoms with van der Waals surface area (Å²) in [5.41, 5.74) is 2.12. The summed E-state index contributed by atoms with van der Waals surface area (Å²) < 4.78 is 0. The summed E-state index contributed by atoms with van der Waals surface area (Å²) in [6, 6.07) is 7.91. The lowest BCUT2D eigenvalue weighted by Gasteiger charge is -2.20. The standard InChI is InChI=1S/C15H24N2O.ClH/c1-15(2,3)13-8-6-12(7-9-13)14(18)17(5)11-10-16-4;/h6-9,16H,10-11H2,1-5H3;1H. The van der Waals surface area contributed by atoms with E-state index in [2.05, 4.69) is 26.1 Å². The van der Waals surface area contributed by atoms with Gasteiger partial charge in [0.1, 0.15) is 0 Å². The average Bonchev–Trinajstić information content (AvgIpc) is 2.34. The minimum Gasteiger partial charge on any atom is -0.340 e. The summed E-state index contributed by atoms with van der Waals surface area (Å²) >= 11 is 0. The molecule has 0 saturated heterocycles. The van der Waals surface area contributed by atoms with Gasteiger partial charge in [0.25, 0.3) is 5.91 Å². The number of likely N-dealkylation sites (N-methyl/N-ethyl adjacent to an activating group) is 2. The molecule has 0 bridgehead atoms. The summed E-state index contributed by atoms with van der Waals surface area (Å²) in [7, 11) is 3.72. The molecule has 0 aliphatic rings. The molecule has 1 amide bonds. The maximum Gasteiger partial charge on any atom is 0.253 e. The van der Waals surface area contributed by atoms with Gasteiger partial charge >= 0.3 is 0 Å². The molecule has 0 saturated carbocycles. The molecule has 0 unspecified atom stereocenters. The predicted octanol–water partition coefficient (Wildman–Crippen LogP) is 2.70. The summed E-state index contributed by atoms with van der Waals surface area (Å²) in [6.45, 7) is 8.04. The molecule has 19 heavy (non-hydrogen) atoms. The third-order valence-corrected chi connectivity index (χ3v) is 3.04. The molecule has 4 heteroatoms. The molecule has 1 aromatic carbocycles. The summed E-state index contributed by atoms with van der Waals surface area (Å²) in [4.78, 5) is 13.8. The lowest BCUT2D eigenvalue weighted by atomic mass is 9.86. The van der Waals surface area contributed by atoms with Gasteiger partial charge in [0.05, 0.1) is 0 Å². The zero-order valence-electron chi connectivity index (χ0n) is 12.5. The van der Waals surface area contributed by atoms with E-state index >= 15 is 0 Å². The van der Waals surface area contributed by atoms with E-state index in [-0.39, 0.29) is 23.7 Å². The van der Waals surface area contributed by atoms with Crippen LogP contribution in [0.1, 0.15) is 36.7 Å². The molecule has 108 valence electrons. The molecule has 0 aliphatic carbocycles. The van der Waals surface area contributed by atoms with Crippen molar-refractivity contribution in [1.82, 2.24) is 10.2 Å². The molecule has 1 N–H and O–H groups in total. The van der Waals surface area contributed by atoms with E-state index < -0.39 is 0 Å². The van der Waals surface area contributed by atoms with Crippen LogP contribution >= 0.6 is 12.4 Å². The Bertz CT molecular complexity index is 396. The quantitative estimate of drug-likeness (QED) is 0.922. The van der Waals surface area contributed by atoms with E-state index in [4.69, 9.17) is 0 Å². The normalized spacial score (nSPS) is 10.8. The Labute approximate surface area is 122 Å². The molecule has 0 atom stereocenters. The van der Waals surface area contributed by atoms with E-state index in [0.717, 1.165) is 18.7 Å². The van der Waals surface area contributed by atoms with Gasteiger partial charge in [0.15, 0.2) is 0 Å². The zero-order valence-corrected chi connectivity index (χ0v) is 13.3. The van der Waals surface area contributed by atoms with Crippen LogP contribution in [0.3, 0.4) is 0 Å². The highest BCUT2D eigenvalue weighted by Crippen LogP contribution is 2.22. The number of carbonyl (C=O) groups is 1. The van der Waals surface area contributed by atoms with E-state index in [1.807, 2.05) is 38.4 Å². The molecule has 0 fully saturated rings. The van der Waals surface area contributed by atoms with Crippen LogP contribution in [0.25, 0.3) is 0 Å². The highest BCUT2D eigenvalue weighted by atomic mass is 35.5. The third kappa shape index (κ3) is 5.21. The molecular weight excluding hydrogens is 260 g/mol. The van der Waals surface area contributed by atoms with Gasteiger partial charge in [-0.3, -0.25) is 4.79 Å². The topological polar surface area (TPSA) is 32.3 Å². The van der Waals surface area contributed by atoms with Crippen molar-refractivity contribution in [2.75, 3.05) is 27.2 Å². The van der Waals surface area contributed by atoms with E-state index in [1.165, 1.54) is 5.56 Å². The van der Waals surface area contributed by atoms with E-state index in [0.29, 0.717) is 0 Å². The van der Waals surface area contributed by atoms with Crippen LogP contribution in [0.15, 0.2) is 24.3 Å². The van der Waals surface area contributed by atoms with Crippen LogP contribution in [-0.4, -0.2) is 38.0 Å². The molecule has 0 heterocycles.